The molecule has 0 aliphatic carbocycles. The summed E-state index contributed by atoms with van der Waals surface area (Å²) >= 11 is 0. The van der Waals surface area contributed by atoms with Gasteiger partial charge in [-0.3, -0.25) is 4.79 Å². The number of methoxy groups -OCH3 is 2. The summed E-state index contributed by atoms with van der Waals surface area (Å²) in [5.74, 6) is 1.87. The quantitative estimate of drug-likeness (QED) is 0.623. The van der Waals surface area contributed by atoms with E-state index in [2.05, 4.69) is 10.2 Å². The third kappa shape index (κ3) is 3.99. The molecule has 2 aromatic rings. The number of benzene rings is 1. The molecule has 2 aliphatic heterocycles. The van der Waals surface area contributed by atoms with Gasteiger partial charge in [0.15, 0.2) is 0 Å². The molecule has 1 spiro atoms. The summed E-state index contributed by atoms with van der Waals surface area (Å²) in [4.78, 5) is 14.7. The normalized spacial score (nSPS) is 20.6. The van der Waals surface area contributed by atoms with Crippen molar-refractivity contribution in [2.24, 2.45) is 12.5 Å². The highest BCUT2D eigenvalue weighted by Gasteiger charge is 2.58. The van der Waals surface area contributed by atoms with Gasteiger partial charge < -0.3 is 18.9 Å². The van der Waals surface area contributed by atoms with Gasteiger partial charge in [0, 0.05) is 50.6 Å². The summed E-state index contributed by atoms with van der Waals surface area (Å²) in [6, 6.07) is 5.40. The molecule has 4 rings (SSSR count). The Morgan fingerprint density at radius 2 is 1.81 bits per heavy atom. The lowest BCUT2D eigenvalue weighted by Gasteiger charge is -2.50. The molecule has 0 saturated carbocycles. The third-order valence-corrected chi connectivity index (χ3v) is 7.49. The number of carbonyl (C=O) groups is 1. The molecule has 2 fully saturated rings. The van der Waals surface area contributed by atoms with E-state index in [1.54, 1.807) is 31.5 Å². The van der Waals surface area contributed by atoms with Crippen molar-refractivity contribution in [2.75, 3.05) is 46.7 Å². The number of nitrogens with zero attached hydrogens (tertiary/aromatic N) is 5. The molecule has 1 aromatic heterocycles. The zero-order valence-electron chi connectivity index (χ0n) is 18.1. The Balaban J connectivity index is 1.51. The Labute approximate surface area is 181 Å². The summed E-state index contributed by atoms with van der Waals surface area (Å²) in [7, 11) is 1.65. The minimum absolute atomic E-state index is 0.0181. The highest BCUT2D eigenvalue weighted by atomic mass is 32.2. The largest absolute Gasteiger partial charge is 0.497 e. The number of carbonyl (C=O) groups excluding carboxylic acids is 1. The number of amides is 1. The summed E-state index contributed by atoms with van der Waals surface area (Å²) in [6.07, 6.45) is 3.05. The average molecular weight is 450 g/mol. The molecular formula is C20H27N5O5S. The van der Waals surface area contributed by atoms with Gasteiger partial charge >= 0.3 is 0 Å². The lowest BCUT2D eigenvalue weighted by Crippen LogP contribution is -2.62. The van der Waals surface area contributed by atoms with Gasteiger partial charge in [-0.25, -0.2) is 12.7 Å². The Bertz CT molecular complexity index is 1070. The number of likely N-dealkylation sites (tertiary alicyclic amines) is 1. The van der Waals surface area contributed by atoms with Gasteiger partial charge in [0.1, 0.15) is 23.7 Å². The molecule has 0 bridgehead atoms. The predicted molar refractivity (Wildman–Crippen MR) is 112 cm³/mol. The van der Waals surface area contributed by atoms with Crippen LogP contribution in [0.5, 0.6) is 11.5 Å². The first-order valence-electron chi connectivity index (χ1n) is 9.94. The molecule has 0 radical (unpaired) electrons. The number of aromatic nitrogens is 3. The van der Waals surface area contributed by atoms with Crippen molar-refractivity contribution in [1.82, 2.24) is 24.0 Å². The fourth-order valence-electron chi connectivity index (χ4n) is 4.60. The van der Waals surface area contributed by atoms with Crippen LogP contribution in [0.3, 0.4) is 0 Å². The van der Waals surface area contributed by atoms with E-state index in [1.165, 1.54) is 10.6 Å². The zero-order valence-corrected chi connectivity index (χ0v) is 18.9. The van der Waals surface area contributed by atoms with Crippen LogP contribution in [0.4, 0.5) is 0 Å². The molecule has 2 saturated heterocycles. The van der Waals surface area contributed by atoms with Crippen LogP contribution in [0.15, 0.2) is 24.5 Å². The van der Waals surface area contributed by atoms with Crippen LogP contribution in [-0.2, 0) is 28.3 Å². The molecule has 1 amide bonds. The Hall–Kier alpha value is -2.66. The van der Waals surface area contributed by atoms with Crippen molar-refractivity contribution >= 4 is 15.9 Å². The molecule has 3 heterocycles. The van der Waals surface area contributed by atoms with E-state index >= 15 is 0 Å². The highest BCUT2D eigenvalue weighted by molar-refractivity contribution is 7.88. The second kappa shape index (κ2) is 7.79. The molecule has 31 heavy (non-hydrogen) atoms. The second-order valence-corrected chi connectivity index (χ2v) is 10.4. The molecule has 1 aromatic carbocycles. The maximum atomic E-state index is 13.0. The monoisotopic (exact) mass is 449 g/mol. The minimum Gasteiger partial charge on any atom is -0.497 e. The molecule has 2 aliphatic rings. The van der Waals surface area contributed by atoms with Gasteiger partial charge in [-0.15, -0.1) is 10.2 Å². The molecule has 1 unspecified atom stereocenters. The number of sulfonamides is 1. The van der Waals surface area contributed by atoms with E-state index in [0.717, 1.165) is 11.4 Å². The van der Waals surface area contributed by atoms with Crippen LogP contribution in [-0.4, -0.2) is 84.9 Å². The Morgan fingerprint density at radius 3 is 2.32 bits per heavy atom. The molecule has 0 N–H and O–H groups in total. The van der Waals surface area contributed by atoms with E-state index in [0.29, 0.717) is 37.7 Å². The maximum absolute atomic E-state index is 13.0. The summed E-state index contributed by atoms with van der Waals surface area (Å²) < 4.78 is 38.3. The number of hydrogen-bond acceptors (Lipinski definition) is 7. The van der Waals surface area contributed by atoms with Gasteiger partial charge in [0.2, 0.25) is 15.9 Å². The molecule has 11 heteroatoms. The number of ether oxygens (including phenoxy) is 2. The highest BCUT2D eigenvalue weighted by Crippen LogP contribution is 2.49. The van der Waals surface area contributed by atoms with Crippen LogP contribution in [0.25, 0.3) is 0 Å². The van der Waals surface area contributed by atoms with E-state index in [-0.39, 0.29) is 23.7 Å². The summed E-state index contributed by atoms with van der Waals surface area (Å²) in [6.45, 7) is 1.69. The van der Waals surface area contributed by atoms with E-state index in [4.69, 9.17) is 9.47 Å². The van der Waals surface area contributed by atoms with Gasteiger partial charge in [-0.05, 0) is 17.7 Å². The first kappa shape index (κ1) is 21.6. The number of rotatable bonds is 6. The SMILES string of the molecule is COc1cc(CC(=O)N2CC3(C2)CN(S(C)(=O)=O)CC3c2nncn2C)cc(OC)c1. The molecular weight excluding hydrogens is 422 g/mol. The van der Waals surface area contributed by atoms with Gasteiger partial charge in [0.05, 0.1) is 26.9 Å². The molecule has 1 atom stereocenters. The summed E-state index contributed by atoms with van der Waals surface area (Å²) in [5.41, 5.74) is 0.446. The Kier molecular flexibility index (Phi) is 5.42. The minimum atomic E-state index is -3.34. The van der Waals surface area contributed by atoms with Gasteiger partial charge in [0.25, 0.3) is 0 Å². The van der Waals surface area contributed by atoms with Crippen LogP contribution in [0.1, 0.15) is 17.3 Å². The van der Waals surface area contributed by atoms with Crippen molar-refractivity contribution < 1.29 is 22.7 Å². The fourth-order valence-corrected chi connectivity index (χ4v) is 5.52. The standard InChI is InChI=1S/C20H27N5O5S/c1-23-13-21-22-19(23)17-9-25(31(4,27)28)12-20(17)10-24(11-20)18(26)7-14-5-15(29-2)8-16(6-14)30-3/h5-6,8,13,17H,7,9-12H2,1-4H3. The van der Waals surface area contributed by atoms with Crippen LogP contribution < -0.4 is 9.47 Å². The smallest absolute Gasteiger partial charge is 0.227 e. The number of hydrogen-bond donors (Lipinski definition) is 0. The van der Waals surface area contributed by atoms with Gasteiger partial charge in [-0.1, -0.05) is 0 Å². The van der Waals surface area contributed by atoms with Crippen molar-refractivity contribution in [3.05, 3.63) is 35.9 Å². The van der Waals surface area contributed by atoms with E-state index in [9.17, 15) is 13.2 Å². The predicted octanol–water partition coefficient (Wildman–Crippen LogP) is 0.262. The van der Waals surface area contributed by atoms with E-state index < -0.39 is 10.0 Å². The lowest BCUT2D eigenvalue weighted by atomic mass is 9.71. The third-order valence-electron chi connectivity index (χ3n) is 6.27. The van der Waals surface area contributed by atoms with E-state index in [1.807, 2.05) is 23.7 Å². The van der Waals surface area contributed by atoms with Gasteiger partial charge in [-0.2, -0.15) is 0 Å². The van der Waals surface area contributed by atoms with Crippen LogP contribution in [0.2, 0.25) is 0 Å². The zero-order chi connectivity index (χ0) is 22.4. The van der Waals surface area contributed by atoms with Crippen LogP contribution in [0, 0.1) is 5.41 Å². The Morgan fingerprint density at radius 1 is 1.16 bits per heavy atom. The molecule has 168 valence electrons. The fraction of sp³-hybridized carbons (Fsp3) is 0.550. The van der Waals surface area contributed by atoms with Crippen molar-refractivity contribution in [1.29, 1.82) is 0 Å². The second-order valence-electron chi connectivity index (χ2n) is 8.42. The van der Waals surface area contributed by atoms with Crippen molar-refractivity contribution in [3.8, 4) is 11.5 Å². The first-order chi connectivity index (χ1) is 14.6. The average Bonchev–Trinajstić information content (AvgIpc) is 3.29. The van der Waals surface area contributed by atoms with Crippen molar-refractivity contribution in [2.45, 2.75) is 12.3 Å². The topological polar surface area (TPSA) is 107 Å². The summed E-state index contributed by atoms with van der Waals surface area (Å²) in [5, 5.41) is 8.19. The lowest BCUT2D eigenvalue weighted by molar-refractivity contribution is -0.142. The van der Waals surface area contributed by atoms with Crippen LogP contribution >= 0.6 is 0 Å². The first-order valence-corrected chi connectivity index (χ1v) is 11.8. The maximum Gasteiger partial charge on any atom is 0.227 e. The molecule has 10 nitrogen and oxygen atoms in total. The van der Waals surface area contributed by atoms with Crippen molar-refractivity contribution in [3.63, 3.8) is 0 Å². The number of aryl methyl sites for hydroxylation is 1.